The van der Waals surface area contributed by atoms with Gasteiger partial charge in [-0.15, -0.1) is 0 Å². The zero-order valence-corrected chi connectivity index (χ0v) is 11.1. The molecule has 1 unspecified atom stereocenters. The van der Waals surface area contributed by atoms with Crippen LogP contribution in [0.25, 0.3) is 0 Å². The van der Waals surface area contributed by atoms with Crippen LogP contribution in [0, 0.1) is 0 Å². The summed E-state index contributed by atoms with van der Waals surface area (Å²) in [6, 6.07) is 0. The molecule has 102 valence electrons. The second kappa shape index (κ2) is 7.99. The first kappa shape index (κ1) is 14.8. The van der Waals surface area contributed by atoms with Gasteiger partial charge in [-0.05, 0) is 12.8 Å². The average molecular weight is 266 g/mol. The molecule has 1 saturated heterocycles. The number of nitrogens with one attached hydrogen (secondary N) is 2. The summed E-state index contributed by atoms with van der Waals surface area (Å²) in [6.45, 7) is 3.04. The maximum absolute atomic E-state index is 11.6. The largest absolute Gasteiger partial charge is 0.383 e. The third-order valence-corrected chi connectivity index (χ3v) is 3.99. The Bertz CT molecular complexity index is 289. The van der Waals surface area contributed by atoms with Gasteiger partial charge in [0, 0.05) is 33.4 Å². The predicted octanol–water partition coefficient (Wildman–Crippen LogP) is -0.679. The quantitative estimate of drug-likeness (QED) is 0.541. The van der Waals surface area contributed by atoms with E-state index in [0.717, 1.165) is 19.4 Å². The second-order valence-electron chi connectivity index (χ2n) is 4.05. The molecule has 6 nitrogen and oxygen atoms in total. The van der Waals surface area contributed by atoms with Crippen LogP contribution in [0.15, 0.2) is 0 Å². The number of ether oxygens (including phenoxy) is 2. The molecule has 2 N–H and O–H groups in total. The zero-order chi connectivity index (χ0) is 12.6. The number of methoxy groups -OCH3 is 1. The van der Waals surface area contributed by atoms with Crippen molar-refractivity contribution in [2.75, 3.05) is 45.7 Å². The zero-order valence-electron chi connectivity index (χ0n) is 10.3. The fourth-order valence-corrected chi connectivity index (χ4v) is 2.96. The van der Waals surface area contributed by atoms with Crippen LogP contribution in [0.3, 0.4) is 0 Å². The molecule has 0 saturated carbocycles. The third-order valence-electron chi connectivity index (χ3n) is 2.54. The molecule has 0 aromatic carbocycles. The lowest BCUT2D eigenvalue weighted by Crippen LogP contribution is -2.36. The van der Waals surface area contributed by atoms with E-state index in [0.29, 0.717) is 26.3 Å². The van der Waals surface area contributed by atoms with Crippen molar-refractivity contribution >= 4 is 10.0 Å². The van der Waals surface area contributed by atoms with Crippen molar-refractivity contribution in [3.63, 3.8) is 0 Å². The Morgan fingerprint density at radius 2 is 2.18 bits per heavy atom. The van der Waals surface area contributed by atoms with Gasteiger partial charge in [-0.2, -0.15) is 0 Å². The van der Waals surface area contributed by atoms with E-state index in [9.17, 15) is 8.42 Å². The van der Waals surface area contributed by atoms with Crippen molar-refractivity contribution in [2.45, 2.75) is 18.9 Å². The summed E-state index contributed by atoms with van der Waals surface area (Å²) in [5.74, 6) is 0.0745. The van der Waals surface area contributed by atoms with E-state index in [4.69, 9.17) is 9.47 Å². The third kappa shape index (κ3) is 6.95. The first-order valence-electron chi connectivity index (χ1n) is 5.92. The predicted molar refractivity (Wildman–Crippen MR) is 65.5 cm³/mol. The molecule has 1 aliphatic heterocycles. The van der Waals surface area contributed by atoms with E-state index in [1.807, 2.05) is 0 Å². The molecule has 0 aromatic heterocycles. The van der Waals surface area contributed by atoms with Crippen molar-refractivity contribution in [3.05, 3.63) is 0 Å². The van der Waals surface area contributed by atoms with E-state index < -0.39 is 10.0 Å². The Morgan fingerprint density at radius 1 is 1.35 bits per heavy atom. The molecule has 0 spiro atoms. The SMILES string of the molecule is COCCNCCNS(=O)(=O)CC1CCCO1. The Morgan fingerprint density at radius 3 is 2.82 bits per heavy atom. The number of rotatable bonds is 9. The summed E-state index contributed by atoms with van der Waals surface area (Å²) in [4.78, 5) is 0. The summed E-state index contributed by atoms with van der Waals surface area (Å²) in [5.41, 5.74) is 0. The highest BCUT2D eigenvalue weighted by Gasteiger charge is 2.22. The van der Waals surface area contributed by atoms with Gasteiger partial charge in [0.25, 0.3) is 0 Å². The van der Waals surface area contributed by atoms with Gasteiger partial charge in [-0.3, -0.25) is 0 Å². The molecule has 1 aliphatic rings. The van der Waals surface area contributed by atoms with Crippen LogP contribution in [0.5, 0.6) is 0 Å². The van der Waals surface area contributed by atoms with Gasteiger partial charge in [0.2, 0.25) is 10.0 Å². The van der Waals surface area contributed by atoms with E-state index in [1.54, 1.807) is 7.11 Å². The maximum atomic E-state index is 11.6. The number of sulfonamides is 1. The summed E-state index contributed by atoms with van der Waals surface area (Å²) in [7, 11) is -1.57. The van der Waals surface area contributed by atoms with Crippen LogP contribution < -0.4 is 10.0 Å². The molecule has 1 fully saturated rings. The minimum atomic E-state index is -3.20. The molecule has 0 radical (unpaired) electrons. The lowest BCUT2D eigenvalue weighted by Gasteiger charge is -2.11. The van der Waals surface area contributed by atoms with Gasteiger partial charge in [0.1, 0.15) is 0 Å². The number of hydrogen-bond donors (Lipinski definition) is 2. The molecular formula is C10H22N2O4S. The summed E-state index contributed by atoms with van der Waals surface area (Å²) < 4.78 is 36.0. The molecule has 0 amide bonds. The molecule has 0 aromatic rings. The van der Waals surface area contributed by atoms with Crippen LogP contribution in [0.2, 0.25) is 0 Å². The van der Waals surface area contributed by atoms with Crippen molar-refractivity contribution in [2.24, 2.45) is 0 Å². The fourth-order valence-electron chi connectivity index (χ4n) is 1.67. The summed E-state index contributed by atoms with van der Waals surface area (Å²) >= 11 is 0. The van der Waals surface area contributed by atoms with Gasteiger partial charge in [-0.1, -0.05) is 0 Å². The van der Waals surface area contributed by atoms with Crippen molar-refractivity contribution in [3.8, 4) is 0 Å². The van der Waals surface area contributed by atoms with Gasteiger partial charge >= 0.3 is 0 Å². The first-order valence-corrected chi connectivity index (χ1v) is 7.58. The Labute approximate surface area is 103 Å². The van der Waals surface area contributed by atoms with Gasteiger partial charge in [0.05, 0.1) is 18.5 Å². The lowest BCUT2D eigenvalue weighted by atomic mass is 10.3. The molecular weight excluding hydrogens is 244 g/mol. The maximum Gasteiger partial charge on any atom is 0.214 e. The monoisotopic (exact) mass is 266 g/mol. The van der Waals surface area contributed by atoms with Crippen molar-refractivity contribution in [1.82, 2.24) is 10.0 Å². The normalized spacial score (nSPS) is 20.9. The van der Waals surface area contributed by atoms with Crippen LogP contribution in [0.4, 0.5) is 0 Å². The van der Waals surface area contributed by atoms with Crippen LogP contribution in [-0.4, -0.2) is 60.2 Å². The molecule has 0 bridgehead atoms. The smallest absolute Gasteiger partial charge is 0.214 e. The Balaban J connectivity index is 2.07. The lowest BCUT2D eigenvalue weighted by molar-refractivity contribution is 0.127. The highest BCUT2D eigenvalue weighted by molar-refractivity contribution is 7.89. The van der Waals surface area contributed by atoms with E-state index >= 15 is 0 Å². The Kier molecular flexibility index (Phi) is 6.98. The fraction of sp³-hybridized carbons (Fsp3) is 1.00. The van der Waals surface area contributed by atoms with Gasteiger partial charge < -0.3 is 14.8 Å². The van der Waals surface area contributed by atoms with E-state index in [2.05, 4.69) is 10.0 Å². The van der Waals surface area contributed by atoms with Crippen molar-refractivity contribution in [1.29, 1.82) is 0 Å². The first-order chi connectivity index (χ1) is 8.14. The van der Waals surface area contributed by atoms with Crippen molar-refractivity contribution < 1.29 is 17.9 Å². The topological polar surface area (TPSA) is 76.7 Å². The van der Waals surface area contributed by atoms with Gasteiger partial charge in [0.15, 0.2) is 0 Å². The molecule has 17 heavy (non-hydrogen) atoms. The summed E-state index contributed by atoms with van der Waals surface area (Å²) in [6.07, 6.45) is 1.67. The molecule has 1 rings (SSSR count). The molecule has 1 heterocycles. The van der Waals surface area contributed by atoms with Crippen LogP contribution in [0.1, 0.15) is 12.8 Å². The van der Waals surface area contributed by atoms with Crippen LogP contribution in [-0.2, 0) is 19.5 Å². The minimum absolute atomic E-state index is 0.0745. The van der Waals surface area contributed by atoms with Crippen LogP contribution >= 0.6 is 0 Å². The molecule has 1 atom stereocenters. The van der Waals surface area contributed by atoms with E-state index in [1.165, 1.54) is 0 Å². The second-order valence-corrected chi connectivity index (χ2v) is 5.91. The van der Waals surface area contributed by atoms with E-state index in [-0.39, 0.29) is 11.9 Å². The molecule has 0 aliphatic carbocycles. The highest BCUT2D eigenvalue weighted by Crippen LogP contribution is 2.13. The highest BCUT2D eigenvalue weighted by atomic mass is 32.2. The Hall–Kier alpha value is -0.210. The van der Waals surface area contributed by atoms with Gasteiger partial charge in [-0.25, -0.2) is 13.1 Å². The molecule has 7 heteroatoms. The summed E-state index contributed by atoms with van der Waals surface area (Å²) in [5, 5.41) is 3.07. The number of hydrogen-bond acceptors (Lipinski definition) is 5. The standard InChI is InChI=1S/C10H22N2O4S/c1-15-8-6-11-4-5-12-17(13,14)9-10-3-2-7-16-10/h10-12H,2-9H2,1H3. The minimum Gasteiger partial charge on any atom is -0.383 e. The average Bonchev–Trinajstić information content (AvgIpc) is 2.75.